The van der Waals surface area contributed by atoms with Gasteiger partial charge in [-0.3, -0.25) is 14.3 Å². The maximum Gasteiger partial charge on any atom is 0.235 e. The molecule has 3 rings (SSSR count). The smallest absolute Gasteiger partial charge is 0.235 e. The van der Waals surface area contributed by atoms with Crippen molar-refractivity contribution < 1.29 is 4.79 Å². The Bertz CT molecular complexity index is 952. The van der Waals surface area contributed by atoms with Crippen LogP contribution in [-0.4, -0.2) is 49.9 Å². The number of carbonyl (C=O) groups is 1. The molecule has 0 aliphatic rings. The van der Waals surface area contributed by atoms with E-state index in [1.165, 1.54) is 22.9 Å². The van der Waals surface area contributed by atoms with Gasteiger partial charge in [0, 0.05) is 32.1 Å². The first-order chi connectivity index (χ1) is 12.9. The van der Waals surface area contributed by atoms with Gasteiger partial charge in [-0.15, -0.1) is 10.2 Å². The summed E-state index contributed by atoms with van der Waals surface area (Å²) in [6.07, 6.45) is 3.47. The van der Waals surface area contributed by atoms with Crippen LogP contribution in [0.25, 0.3) is 17.1 Å². The van der Waals surface area contributed by atoms with Gasteiger partial charge in [-0.05, 0) is 56.2 Å². The van der Waals surface area contributed by atoms with Crippen LogP contribution in [0.4, 0.5) is 0 Å². The van der Waals surface area contributed by atoms with Gasteiger partial charge in [0.2, 0.25) is 5.91 Å². The lowest BCUT2D eigenvalue weighted by molar-refractivity contribution is -0.127. The summed E-state index contributed by atoms with van der Waals surface area (Å²) in [5.74, 6) is 0.771. The highest BCUT2D eigenvalue weighted by molar-refractivity contribution is 8.00. The molecule has 0 saturated carbocycles. The predicted octanol–water partition coefficient (Wildman–Crippen LogP) is 3.51. The molecule has 0 bridgehead atoms. The first-order valence-corrected chi connectivity index (χ1v) is 9.57. The number of hydrogen-bond acceptors (Lipinski definition) is 5. The zero-order valence-corrected chi connectivity index (χ0v) is 17.0. The van der Waals surface area contributed by atoms with Crippen molar-refractivity contribution >= 4 is 17.7 Å². The van der Waals surface area contributed by atoms with Crippen LogP contribution in [0.3, 0.4) is 0 Å². The number of thioether (sulfide) groups is 1. The van der Waals surface area contributed by atoms with E-state index in [4.69, 9.17) is 0 Å². The molecule has 6 nitrogen and oxygen atoms in total. The van der Waals surface area contributed by atoms with Gasteiger partial charge >= 0.3 is 0 Å². The molecule has 0 aliphatic heterocycles. The molecule has 140 valence electrons. The third-order valence-electron chi connectivity index (χ3n) is 4.39. The molecule has 0 aliphatic carbocycles. The van der Waals surface area contributed by atoms with Crippen molar-refractivity contribution in [2.45, 2.75) is 31.2 Å². The number of aryl methyl sites for hydroxylation is 2. The Balaban J connectivity index is 2.10. The quantitative estimate of drug-likeness (QED) is 0.633. The monoisotopic (exact) mass is 381 g/mol. The first kappa shape index (κ1) is 19.1. The van der Waals surface area contributed by atoms with Crippen LogP contribution in [0, 0.1) is 13.8 Å². The molecule has 2 heterocycles. The number of amides is 1. The van der Waals surface area contributed by atoms with Crippen molar-refractivity contribution in [3.63, 3.8) is 0 Å². The summed E-state index contributed by atoms with van der Waals surface area (Å²) >= 11 is 1.41. The Hall–Kier alpha value is -2.67. The highest BCUT2D eigenvalue weighted by Gasteiger charge is 2.22. The summed E-state index contributed by atoms with van der Waals surface area (Å²) in [6, 6.07) is 10.1. The maximum atomic E-state index is 12.3. The molecule has 1 amide bonds. The van der Waals surface area contributed by atoms with Crippen LogP contribution >= 0.6 is 11.8 Å². The minimum Gasteiger partial charge on any atom is -0.348 e. The minimum absolute atomic E-state index is 0.0418. The fourth-order valence-corrected chi connectivity index (χ4v) is 3.72. The van der Waals surface area contributed by atoms with Gasteiger partial charge in [-0.2, -0.15) is 0 Å². The summed E-state index contributed by atoms with van der Waals surface area (Å²) in [4.78, 5) is 18.0. The lowest BCUT2D eigenvalue weighted by Crippen LogP contribution is -2.29. The molecule has 0 saturated heterocycles. The number of pyridine rings is 1. The van der Waals surface area contributed by atoms with Crippen molar-refractivity contribution in [2.75, 3.05) is 14.1 Å². The number of hydrogen-bond donors (Lipinski definition) is 0. The van der Waals surface area contributed by atoms with E-state index in [0.29, 0.717) is 5.16 Å². The number of nitrogens with zero attached hydrogens (tertiary/aromatic N) is 5. The van der Waals surface area contributed by atoms with Crippen LogP contribution < -0.4 is 0 Å². The normalized spacial score (nSPS) is 12.0. The van der Waals surface area contributed by atoms with E-state index in [-0.39, 0.29) is 11.2 Å². The molecule has 2 aromatic heterocycles. The Morgan fingerprint density at radius 3 is 2.41 bits per heavy atom. The Morgan fingerprint density at radius 2 is 1.78 bits per heavy atom. The Labute approximate surface area is 163 Å². The zero-order valence-electron chi connectivity index (χ0n) is 16.2. The highest BCUT2D eigenvalue weighted by Crippen LogP contribution is 2.31. The van der Waals surface area contributed by atoms with E-state index in [9.17, 15) is 4.79 Å². The van der Waals surface area contributed by atoms with E-state index in [2.05, 4.69) is 47.2 Å². The molecule has 1 atom stereocenters. The standard InChI is InChI=1S/C20H23N5OS/c1-13-6-7-17(12-14(13)2)25-18(16-8-10-21-11-9-16)22-23-20(25)27-15(3)19(26)24(4)5/h6-12,15H,1-5H3. The van der Waals surface area contributed by atoms with Gasteiger partial charge in [0.15, 0.2) is 11.0 Å². The maximum absolute atomic E-state index is 12.3. The van der Waals surface area contributed by atoms with Gasteiger partial charge in [0.25, 0.3) is 0 Å². The molecule has 1 aromatic carbocycles. The van der Waals surface area contributed by atoms with Gasteiger partial charge in [0.05, 0.1) is 10.9 Å². The van der Waals surface area contributed by atoms with Crippen molar-refractivity contribution in [1.82, 2.24) is 24.6 Å². The summed E-state index contributed by atoms with van der Waals surface area (Å²) in [7, 11) is 3.52. The van der Waals surface area contributed by atoms with E-state index < -0.39 is 0 Å². The summed E-state index contributed by atoms with van der Waals surface area (Å²) in [6.45, 7) is 6.06. The molecular weight excluding hydrogens is 358 g/mol. The summed E-state index contributed by atoms with van der Waals surface area (Å²) < 4.78 is 2.01. The van der Waals surface area contributed by atoms with E-state index in [0.717, 1.165) is 17.1 Å². The Kier molecular flexibility index (Phi) is 5.60. The van der Waals surface area contributed by atoms with Crippen LogP contribution in [0.1, 0.15) is 18.1 Å². The van der Waals surface area contributed by atoms with Gasteiger partial charge in [0.1, 0.15) is 0 Å². The van der Waals surface area contributed by atoms with Crippen molar-refractivity contribution in [3.8, 4) is 17.1 Å². The highest BCUT2D eigenvalue weighted by atomic mass is 32.2. The molecule has 3 aromatic rings. The van der Waals surface area contributed by atoms with Crippen LogP contribution in [-0.2, 0) is 4.79 Å². The van der Waals surface area contributed by atoms with Gasteiger partial charge < -0.3 is 4.90 Å². The molecule has 0 N–H and O–H groups in total. The third-order valence-corrected chi connectivity index (χ3v) is 5.42. The fourth-order valence-electron chi connectivity index (χ4n) is 2.70. The second kappa shape index (κ2) is 7.92. The average Bonchev–Trinajstić information content (AvgIpc) is 3.07. The van der Waals surface area contributed by atoms with Crippen LogP contribution in [0.2, 0.25) is 0 Å². The van der Waals surface area contributed by atoms with E-state index in [1.807, 2.05) is 23.6 Å². The second-order valence-electron chi connectivity index (χ2n) is 6.64. The number of carbonyl (C=O) groups excluding carboxylic acids is 1. The number of benzene rings is 1. The predicted molar refractivity (Wildman–Crippen MR) is 108 cm³/mol. The summed E-state index contributed by atoms with van der Waals surface area (Å²) in [5, 5.41) is 9.22. The van der Waals surface area contributed by atoms with Crippen LogP contribution in [0.15, 0.2) is 47.9 Å². The number of aromatic nitrogens is 4. The largest absolute Gasteiger partial charge is 0.348 e. The second-order valence-corrected chi connectivity index (χ2v) is 7.95. The summed E-state index contributed by atoms with van der Waals surface area (Å²) in [5.41, 5.74) is 4.31. The molecule has 0 fully saturated rings. The zero-order chi connectivity index (χ0) is 19.6. The SMILES string of the molecule is Cc1ccc(-n2c(SC(C)C(=O)N(C)C)nnc2-c2ccncc2)cc1C. The van der Waals surface area contributed by atoms with Crippen LogP contribution in [0.5, 0.6) is 0 Å². The minimum atomic E-state index is -0.264. The van der Waals surface area contributed by atoms with Crippen molar-refractivity contribution in [3.05, 3.63) is 53.9 Å². The molecule has 0 spiro atoms. The molecular formula is C20H23N5OS. The molecule has 1 unspecified atom stereocenters. The van der Waals surface area contributed by atoms with Gasteiger partial charge in [-0.1, -0.05) is 17.8 Å². The van der Waals surface area contributed by atoms with Crippen molar-refractivity contribution in [1.29, 1.82) is 0 Å². The van der Waals surface area contributed by atoms with E-state index >= 15 is 0 Å². The third kappa shape index (κ3) is 4.03. The van der Waals surface area contributed by atoms with E-state index in [1.54, 1.807) is 31.4 Å². The van der Waals surface area contributed by atoms with Crippen molar-refractivity contribution in [2.24, 2.45) is 0 Å². The average molecular weight is 382 g/mol. The lowest BCUT2D eigenvalue weighted by atomic mass is 10.1. The number of rotatable bonds is 5. The molecule has 27 heavy (non-hydrogen) atoms. The first-order valence-electron chi connectivity index (χ1n) is 8.69. The lowest BCUT2D eigenvalue weighted by Gasteiger charge is -2.17. The molecule has 0 radical (unpaired) electrons. The molecule has 7 heteroatoms. The Morgan fingerprint density at radius 1 is 1.07 bits per heavy atom. The fraction of sp³-hybridized carbons (Fsp3) is 0.300. The topological polar surface area (TPSA) is 63.9 Å². The van der Waals surface area contributed by atoms with Gasteiger partial charge in [-0.25, -0.2) is 0 Å².